The highest BCUT2D eigenvalue weighted by molar-refractivity contribution is 9.10. The molecule has 0 saturated carbocycles. The van der Waals surface area contributed by atoms with Gasteiger partial charge in [-0.25, -0.2) is 0 Å². The highest BCUT2D eigenvalue weighted by atomic mass is 79.9. The molecule has 16 heavy (non-hydrogen) atoms. The highest BCUT2D eigenvalue weighted by Crippen LogP contribution is 2.37. The third kappa shape index (κ3) is 3.09. The number of benzene rings is 1. The van der Waals surface area contributed by atoms with Crippen molar-refractivity contribution in [3.05, 3.63) is 32.3 Å². The van der Waals surface area contributed by atoms with Crippen molar-refractivity contribution in [3.8, 4) is 5.75 Å². The summed E-state index contributed by atoms with van der Waals surface area (Å²) in [5.41, 5.74) is -0.706. The molecule has 0 N–H and O–H groups in total. The molecule has 0 aromatic heterocycles. The van der Waals surface area contributed by atoms with Gasteiger partial charge in [0.25, 0.3) is 0 Å². The number of nitro benzene ring substituents is 1. The smallest absolute Gasteiger partial charge is 0.398 e. The average molecular weight is 300 g/mol. The molecule has 0 unspecified atom stereocenters. The summed E-state index contributed by atoms with van der Waals surface area (Å²) in [6.45, 7) is 1.29. The largest absolute Gasteiger partial charge is 0.573 e. The van der Waals surface area contributed by atoms with E-state index in [1.54, 1.807) is 0 Å². The number of nitro groups is 1. The van der Waals surface area contributed by atoms with Gasteiger partial charge in [0.1, 0.15) is 0 Å². The molecular formula is C8H5BrF3NO3. The maximum Gasteiger partial charge on any atom is 0.573 e. The van der Waals surface area contributed by atoms with Crippen molar-refractivity contribution in [2.45, 2.75) is 13.3 Å². The first-order valence-corrected chi connectivity index (χ1v) is 4.70. The first-order chi connectivity index (χ1) is 7.20. The SMILES string of the molecule is Cc1cc(Br)cc([N+](=O)[O-])c1OC(F)(F)F. The zero-order chi connectivity index (χ0) is 12.5. The van der Waals surface area contributed by atoms with Gasteiger partial charge in [0.15, 0.2) is 0 Å². The van der Waals surface area contributed by atoms with Gasteiger partial charge in [-0.3, -0.25) is 10.1 Å². The minimum atomic E-state index is -4.96. The van der Waals surface area contributed by atoms with Crippen molar-refractivity contribution in [1.82, 2.24) is 0 Å². The van der Waals surface area contributed by atoms with Crippen molar-refractivity contribution < 1.29 is 22.8 Å². The van der Waals surface area contributed by atoms with Crippen LogP contribution in [0.15, 0.2) is 16.6 Å². The number of ether oxygens (including phenoxy) is 1. The van der Waals surface area contributed by atoms with Gasteiger partial charge >= 0.3 is 12.0 Å². The van der Waals surface area contributed by atoms with Crippen molar-refractivity contribution >= 4 is 21.6 Å². The number of aryl methyl sites for hydroxylation is 1. The minimum absolute atomic E-state index is 0.0263. The molecule has 0 amide bonds. The van der Waals surface area contributed by atoms with Crippen LogP contribution in [0.3, 0.4) is 0 Å². The van der Waals surface area contributed by atoms with Crippen LogP contribution in [-0.4, -0.2) is 11.3 Å². The molecule has 0 spiro atoms. The molecule has 0 aliphatic heterocycles. The van der Waals surface area contributed by atoms with E-state index < -0.39 is 22.7 Å². The predicted octanol–water partition coefficient (Wildman–Crippen LogP) is 3.56. The van der Waals surface area contributed by atoms with E-state index in [1.165, 1.54) is 13.0 Å². The van der Waals surface area contributed by atoms with Gasteiger partial charge in [-0.15, -0.1) is 13.2 Å². The van der Waals surface area contributed by atoms with E-state index in [2.05, 4.69) is 20.7 Å². The number of rotatable bonds is 2. The summed E-state index contributed by atoms with van der Waals surface area (Å²) in [6, 6.07) is 2.25. The molecule has 0 saturated heterocycles. The van der Waals surface area contributed by atoms with Gasteiger partial charge in [0, 0.05) is 10.5 Å². The Morgan fingerprint density at radius 3 is 2.44 bits per heavy atom. The number of nitrogens with zero attached hydrogens (tertiary/aromatic N) is 1. The van der Waals surface area contributed by atoms with E-state index >= 15 is 0 Å². The summed E-state index contributed by atoms with van der Waals surface area (Å²) >= 11 is 2.95. The third-order valence-electron chi connectivity index (χ3n) is 1.63. The first-order valence-electron chi connectivity index (χ1n) is 3.91. The summed E-state index contributed by atoms with van der Waals surface area (Å²) in [4.78, 5) is 9.62. The molecule has 0 atom stereocenters. The van der Waals surface area contributed by atoms with Crippen LogP contribution in [0.25, 0.3) is 0 Å². The molecule has 0 aliphatic rings. The van der Waals surface area contributed by atoms with Crippen molar-refractivity contribution in [3.63, 3.8) is 0 Å². The monoisotopic (exact) mass is 299 g/mol. The topological polar surface area (TPSA) is 52.4 Å². The van der Waals surface area contributed by atoms with Gasteiger partial charge in [0.05, 0.1) is 4.92 Å². The van der Waals surface area contributed by atoms with E-state index in [0.29, 0.717) is 4.47 Å². The molecule has 4 nitrogen and oxygen atoms in total. The Balaban J connectivity index is 3.30. The van der Waals surface area contributed by atoms with Crippen molar-refractivity contribution in [2.24, 2.45) is 0 Å². The number of hydrogen-bond donors (Lipinski definition) is 0. The van der Waals surface area contributed by atoms with Crippen molar-refractivity contribution in [1.29, 1.82) is 0 Å². The summed E-state index contributed by atoms with van der Waals surface area (Å²) in [5, 5.41) is 10.5. The summed E-state index contributed by atoms with van der Waals surface area (Å²) in [7, 11) is 0. The van der Waals surface area contributed by atoms with Gasteiger partial charge in [-0.05, 0) is 18.6 Å². The molecule has 1 rings (SSSR count). The van der Waals surface area contributed by atoms with Gasteiger partial charge < -0.3 is 4.74 Å². The molecule has 1 aromatic rings. The molecule has 0 fully saturated rings. The Hall–Kier alpha value is -1.31. The fourth-order valence-electron chi connectivity index (χ4n) is 1.10. The molecular weight excluding hydrogens is 295 g/mol. The number of halogens is 4. The maximum absolute atomic E-state index is 12.0. The van der Waals surface area contributed by atoms with Crippen LogP contribution < -0.4 is 4.74 Å². The van der Waals surface area contributed by atoms with Crippen LogP contribution in [-0.2, 0) is 0 Å². The van der Waals surface area contributed by atoms with Crippen LogP contribution in [0.1, 0.15) is 5.56 Å². The van der Waals surface area contributed by atoms with E-state index in [4.69, 9.17) is 0 Å². The lowest BCUT2D eigenvalue weighted by molar-refractivity contribution is -0.388. The van der Waals surface area contributed by atoms with E-state index in [1.807, 2.05) is 0 Å². The standard InChI is InChI=1S/C8H5BrF3NO3/c1-4-2-5(9)3-6(13(14)15)7(4)16-8(10,11)12/h2-3H,1H3. The van der Waals surface area contributed by atoms with Gasteiger partial charge in [-0.2, -0.15) is 0 Å². The third-order valence-corrected chi connectivity index (χ3v) is 2.09. The second-order valence-corrected chi connectivity index (χ2v) is 3.79. The van der Waals surface area contributed by atoms with Gasteiger partial charge in [-0.1, -0.05) is 15.9 Å². The number of hydrogen-bond acceptors (Lipinski definition) is 3. The molecule has 1 aromatic carbocycles. The lowest BCUT2D eigenvalue weighted by Crippen LogP contribution is -2.18. The lowest BCUT2D eigenvalue weighted by Gasteiger charge is -2.11. The molecule has 0 bridgehead atoms. The Morgan fingerprint density at radius 2 is 2.00 bits per heavy atom. The predicted molar refractivity (Wildman–Crippen MR) is 52.2 cm³/mol. The molecule has 0 heterocycles. The van der Waals surface area contributed by atoms with E-state index in [-0.39, 0.29) is 5.56 Å². The van der Waals surface area contributed by atoms with Crippen LogP contribution in [0.4, 0.5) is 18.9 Å². The fourth-order valence-corrected chi connectivity index (χ4v) is 1.66. The zero-order valence-corrected chi connectivity index (χ0v) is 9.42. The summed E-state index contributed by atoms with van der Waals surface area (Å²) in [6.07, 6.45) is -4.96. The Bertz CT molecular complexity index is 433. The number of alkyl halides is 3. The lowest BCUT2D eigenvalue weighted by atomic mass is 10.2. The van der Waals surface area contributed by atoms with E-state index in [0.717, 1.165) is 6.07 Å². The quantitative estimate of drug-likeness (QED) is 0.620. The molecule has 0 radical (unpaired) electrons. The van der Waals surface area contributed by atoms with Crippen LogP contribution in [0.2, 0.25) is 0 Å². The normalized spacial score (nSPS) is 11.3. The summed E-state index contributed by atoms with van der Waals surface area (Å²) < 4.78 is 40.0. The Kier molecular flexibility index (Phi) is 3.41. The fraction of sp³-hybridized carbons (Fsp3) is 0.250. The van der Waals surface area contributed by atoms with Crippen LogP contribution in [0.5, 0.6) is 5.75 Å². The molecule has 8 heteroatoms. The maximum atomic E-state index is 12.0. The van der Waals surface area contributed by atoms with Crippen LogP contribution in [0, 0.1) is 17.0 Å². The van der Waals surface area contributed by atoms with Crippen LogP contribution >= 0.6 is 15.9 Å². The summed E-state index contributed by atoms with van der Waals surface area (Å²) in [5.74, 6) is -0.791. The van der Waals surface area contributed by atoms with Gasteiger partial charge in [0.2, 0.25) is 5.75 Å². The van der Waals surface area contributed by atoms with E-state index in [9.17, 15) is 23.3 Å². The molecule has 88 valence electrons. The highest BCUT2D eigenvalue weighted by Gasteiger charge is 2.35. The minimum Gasteiger partial charge on any atom is -0.398 e. The second kappa shape index (κ2) is 4.28. The average Bonchev–Trinajstić information content (AvgIpc) is 2.07. The molecule has 0 aliphatic carbocycles. The Labute approximate surface area is 96.3 Å². The first kappa shape index (κ1) is 12.8. The Morgan fingerprint density at radius 1 is 1.44 bits per heavy atom. The second-order valence-electron chi connectivity index (χ2n) is 2.88. The zero-order valence-electron chi connectivity index (χ0n) is 7.84. The van der Waals surface area contributed by atoms with Crippen molar-refractivity contribution in [2.75, 3.05) is 0 Å².